The average molecular weight is 246 g/mol. The molecular weight excluding hydrogens is 232 g/mol. The molecule has 0 fully saturated rings. The van der Waals surface area contributed by atoms with Crippen LogP contribution in [-0.4, -0.2) is 38.4 Å². The lowest BCUT2D eigenvalue weighted by Gasteiger charge is -2.06. The fraction of sp³-hybridized carbons (Fsp3) is 0.556. The first-order valence-corrected chi connectivity index (χ1v) is 6.62. The highest BCUT2D eigenvalue weighted by Gasteiger charge is 2.15. The minimum absolute atomic E-state index is 0.168. The fourth-order valence-electron chi connectivity index (χ4n) is 0.935. The lowest BCUT2D eigenvalue weighted by atomic mass is 10.5. The van der Waals surface area contributed by atoms with Crippen molar-refractivity contribution >= 4 is 9.84 Å². The summed E-state index contributed by atoms with van der Waals surface area (Å²) in [5.41, 5.74) is 0. The summed E-state index contributed by atoms with van der Waals surface area (Å²) < 4.78 is 32.7. The zero-order valence-electron chi connectivity index (χ0n) is 9.43. The third-order valence-electron chi connectivity index (χ3n) is 1.65. The number of methoxy groups -OCH3 is 1. The van der Waals surface area contributed by atoms with Crippen LogP contribution in [0.4, 0.5) is 0 Å². The summed E-state index contributed by atoms with van der Waals surface area (Å²) in [5, 5.41) is -0.294. The Hall–Kier alpha value is -1.37. The molecule has 0 amide bonds. The molecule has 0 unspecified atom stereocenters. The van der Waals surface area contributed by atoms with Crippen LogP contribution in [0.1, 0.15) is 13.3 Å². The first-order chi connectivity index (χ1) is 7.47. The van der Waals surface area contributed by atoms with Crippen LogP contribution >= 0.6 is 0 Å². The molecule has 0 saturated carbocycles. The number of nitrogens with zero attached hydrogens (tertiary/aromatic N) is 2. The standard InChI is InChI=1S/C9H14N2O4S/c1-4-5-15-8-6-7(14-2)10-9(11-8)16(3,12)13/h6H,4-5H2,1-3H3. The maximum Gasteiger partial charge on any atom is 0.253 e. The van der Waals surface area contributed by atoms with Gasteiger partial charge in [0.05, 0.1) is 19.8 Å². The number of hydrogen-bond acceptors (Lipinski definition) is 6. The Kier molecular flexibility index (Phi) is 4.05. The van der Waals surface area contributed by atoms with E-state index in [2.05, 4.69) is 9.97 Å². The predicted molar refractivity (Wildman–Crippen MR) is 57.5 cm³/mol. The monoisotopic (exact) mass is 246 g/mol. The van der Waals surface area contributed by atoms with E-state index in [9.17, 15) is 8.42 Å². The van der Waals surface area contributed by atoms with Crippen LogP contribution < -0.4 is 9.47 Å². The molecule has 0 atom stereocenters. The number of sulfone groups is 1. The van der Waals surface area contributed by atoms with Crippen molar-refractivity contribution < 1.29 is 17.9 Å². The van der Waals surface area contributed by atoms with Gasteiger partial charge < -0.3 is 9.47 Å². The lowest BCUT2D eigenvalue weighted by molar-refractivity contribution is 0.296. The van der Waals surface area contributed by atoms with E-state index >= 15 is 0 Å². The van der Waals surface area contributed by atoms with Crippen molar-refractivity contribution in [3.8, 4) is 11.8 Å². The normalized spacial score (nSPS) is 11.2. The maximum atomic E-state index is 11.3. The number of hydrogen-bond donors (Lipinski definition) is 0. The van der Waals surface area contributed by atoms with E-state index in [1.165, 1.54) is 13.2 Å². The quantitative estimate of drug-likeness (QED) is 0.711. The molecule has 16 heavy (non-hydrogen) atoms. The summed E-state index contributed by atoms with van der Waals surface area (Å²) in [6, 6.07) is 1.45. The highest BCUT2D eigenvalue weighted by atomic mass is 32.2. The molecule has 0 aliphatic carbocycles. The molecule has 0 bridgehead atoms. The topological polar surface area (TPSA) is 78.4 Å². The minimum atomic E-state index is -3.47. The van der Waals surface area contributed by atoms with Crippen molar-refractivity contribution in [3.63, 3.8) is 0 Å². The van der Waals surface area contributed by atoms with Crippen molar-refractivity contribution in [1.29, 1.82) is 0 Å². The van der Waals surface area contributed by atoms with E-state index in [1.54, 1.807) is 0 Å². The van der Waals surface area contributed by atoms with E-state index in [1.807, 2.05) is 6.92 Å². The van der Waals surface area contributed by atoms with Crippen LogP contribution in [-0.2, 0) is 9.84 Å². The van der Waals surface area contributed by atoms with Gasteiger partial charge >= 0.3 is 0 Å². The lowest BCUT2D eigenvalue weighted by Crippen LogP contribution is -2.07. The Bertz CT molecular complexity index is 459. The summed E-state index contributed by atoms with van der Waals surface area (Å²) in [4.78, 5) is 7.52. The smallest absolute Gasteiger partial charge is 0.253 e. The Balaban J connectivity index is 3.11. The summed E-state index contributed by atoms with van der Waals surface area (Å²) >= 11 is 0. The average Bonchev–Trinajstić information content (AvgIpc) is 2.24. The molecule has 0 aromatic carbocycles. The second-order valence-electron chi connectivity index (χ2n) is 3.15. The van der Waals surface area contributed by atoms with Crippen LogP contribution in [0, 0.1) is 0 Å². The van der Waals surface area contributed by atoms with E-state index in [4.69, 9.17) is 9.47 Å². The Morgan fingerprint density at radius 3 is 2.44 bits per heavy atom. The molecule has 90 valence electrons. The third kappa shape index (κ3) is 3.34. The molecule has 0 radical (unpaired) electrons. The highest BCUT2D eigenvalue weighted by molar-refractivity contribution is 7.90. The maximum absolute atomic E-state index is 11.3. The number of ether oxygens (including phenoxy) is 2. The third-order valence-corrected chi connectivity index (χ3v) is 2.50. The molecule has 1 rings (SSSR count). The van der Waals surface area contributed by atoms with Crippen molar-refractivity contribution in [3.05, 3.63) is 6.07 Å². The van der Waals surface area contributed by atoms with Crippen molar-refractivity contribution in [2.75, 3.05) is 20.0 Å². The molecule has 0 spiro atoms. The van der Waals surface area contributed by atoms with E-state index in [-0.39, 0.29) is 16.9 Å². The molecule has 0 aliphatic heterocycles. The molecule has 1 heterocycles. The minimum Gasteiger partial charge on any atom is -0.481 e. The van der Waals surface area contributed by atoms with Crippen molar-refractivity contribution in [2.24, 2.45) is 0 Å². The number of rotatable bonds is 5. The second kappa shape index (κ2) is 5.11. The molecule has 0 saturated heterocycles. The Labute approximate surface area is 94.5 Å². The van der Waals surface area contributed by atoms with E-state index in [0.717, 1.165) is 12.7 Å². The van der Waals surface area contributed by atoms with Crippen molar-refractivity contribution in [2.45, 2.75) is 18.5 Å². The molecule has 1 aromatic rings. The van der Waals surface area contributed by atoms with Crippen LogP contribution in [0.15, 0.2) is 11.2 Å². The molecule has 1 aromatic heterocycles. The first kappa shape index (κ1) is 12.7. The van der Waals surface area contributed by atoms with Gasteiger partial charge in [-0.3, -0.25) is 0 Å². The Morgan fingerprint density at radius 2 is 1.94 bits per heavy atom. The molecule has 0 N–H and O–H groups in total. The summed E-state index contributed by atoms with van der Waals surface area (Å²) in [6.45, 7) is 2.40. The van der Waals surface area contributed by atoms with Gasteiger partial charge in [0.2, 0.25) is 21.6 Å². The van der Waals surface area contributed by atoms with Crippen LogP contribution in [0.2, 0.25) is 0 Å². The van der Waals surface area contributed by atoms with Crippen LogP contribution in [0.25, 0.3) is 0 Å². The van der Waals surface area contributed by atoms with E-state index in [0.29, 0.717) is 6.61 Å². The molecule has 7 heteroatoms. The van der Waals surface area contributed by atoms with Gasteiger partial charge in [-0.05, 0) is 6.42 Å². The van der Waals surface area contributed by atoms with Gasteiger partial charge in [0.15, 0.2) is 0 Å². The largest absolute Gasteiger partial charge is 0.481 e. The SMILES string of the molecule is CCCOc1cc(OC)nc(S(C)(=O)=O)n1. The fourth-order valence-corrected chi connectivity index (χ4v) is 1.45. The van der Waals surface area contributed by atoms with E-state index < -0.39 is 9.84 Å². The van der Waals surface area contributed by atoms with Gasteiger partial charge in [0.25, 0.3) is 5.16 Å². The Morgan fingerprint density at radius 1 is 1.31 bits per heavy atom. The van der Waals surface area contributed by atoms with Crippen LogP contribution in [0.5, 0.6) is 11.8 Å². The summed E-state index contributed by atoms with van der Waals surface area (Å²) in [6.07, 6.45) is 1.84. The second-order valence-corrected chi connectivity index (χ2v) is 5.06. The van der Waals surface area contributed by atoms with Gasteiger partial charge in [0.1, 0.15) is 0 Å². The summed E-state index contributed by atoms with van der Waals surface area (Å²) in [7, 11) is -2.06. The van der Waals surface area contributed by atoms with Gasteiger partial charge in [-0.25, -0.2) is 8.42 Å². The van der Waals surface area contributed by atoms with Gasteiger partial charge in [0, 0.05) is 6.26 Å². The van der Waals surface area contributed by atoms with Gasteiger partial charge in [-0.15, -0.1) is 0 Å². The zero-order chi connectivity index (χ0) is 12.2. The molecule has 6 nitrogen and oxygen atoms in total. The predicted octanol–water partition coefficient (Wildman–Crippen LogP) is 0.677. The van der Waals surface area contributed by atoms with Crippen LogP contribution in [0.3, 0.4) is 0 Å². The van der Waals surface area contributed by atoms with Gasteiger partial charge in [-0.2, -0.15) is 9.97 Å². The highest BCUT2D eigenvalue weighted by Crippen LogP contribution is 2.17. The molecular formula is C9H14N2O4S. The molecule has 0 aliphatic rings. The van der Waals surface area contributed by atoms with Crippen molar-refractivity contribution in [1.82, 2.24) is 9.97 Å². The zero-order valence-corrected chi connectivity index (χ0v) is 10.2. The first-order valence-electron chi connectivity index (χ1n) is 4.73. The van der Waals surface area contributed by atoms with Gasteiger partial charge in [-0.1, -0.05) is 6.92 Å². The summed E-state index contributed by atoms with van der Waals surface area (Å²) in [5.74, 6) is 0.371. The number of aromatic nitrogens is 2.